The van der Waals surface area contributed by atoms with Gasteiger partial charge >= 0.3 is 0 Å². The zero-order valence-electron chi connectivity index (χ0n) is 20.0. The first-order valence-corrected chi connectivity index (χ1v) is 15.5. The number of carbonyl (C=O) groups is 1. The topological polar surface area (TPSA) is 110 Å². The van der Waals surface area contributed by atoms with Crippen molar-refractivity contribution in [3.63, 3.8) is 0 Å². The maximum Gasteiger partial charge on any atom is 0.261 e. The Kier molecular flexibility index (Phi) is 8.37. The predicted molar refractivity (Wildman–Crippen MR) is 149 cm³/mol. The fourth-order valence-electron chi connectivity index (χ4n) is 4.04. The van der Waals surface area contributed by atoms with E-state index in [9.17, 15) is 21.6 Å². The van der Waals surface area contributed by atoms with E-state index in [0.29, 0.717) is 16.5 Å². The second kappa shape index (κ2) is 11.4. The highest BCUT2D eigenvalue weighted by Crippen LogP contribution is 2.31. The maximum atomic E-state index is 13.5. The average molecular weight is 596 g/mol. The van der Waals surface area contributed by atoms with Gasteiger partial charge in [-0.25, -0.2) is 16.8 Å². The summed E-state index contributed by atoms with van der Waals surface area (Å²) in [4.78, 5) is 14.8. The summed E-state index contributed by atoms with van der Waals surface area (Å²) in [6.45, 7) is 3.75. The second-order valence-electron chi connectivity index (χ2n) is 8.60. The van der Waals surface area contributed by atoms with Gasteiger partial charge in [-0.15, -0.1) is 6.58 Å². The predicted octanol–water partition coefficient (Wildman–Crippen LogP) is 5.40. The van der Waals surface area contributed by atoms with Crippen LogP contribution in [0.15, 0.2) is 84.3 Å². The van der Waals surface area contributed by atoms with Crippen molar-refractivity contribution in [3.8, 4) is 11.5 Å². The number of anilines is 1. The van der Waals surface area contributed by atoms with Crippen LogP contribution in [-0.4, -0.2) is 51.7 Å². The summed E-state index contributed by atoms with van der Waals surface area (Å²) in [6.07, 6.45) is 1.77. The molecule has 0 bridgehead atoms. The highest BCUT2D eigenvalue weighted by Gasteiger charge is 2.35. The molecule has 1 atom stereocenters. The van der Waals surface area contributed by atoms with Crippen molar-refractivity contribution in [2.75, 3.05) is 22.8 Å². The molecule has 1 aliphatic heterocycles. The van der Waals surface area contributed by atoms with Gasteiger partial charge in [0.25, 0.3) is 15.9 Å². The lowest BCUT2D eigenvalue weighted by Gasteiger charge is -2.28. The van der Waals surface area contributed by atoms with Crippen LogP contribution in [0.3, 0.4) is 0 Å². The fourth-order valence-corrected chi connectivity index (χ4v) is 7.20. The van der Waals surface area contributed by atoms with Gasteiger partial charge in [0, 0.05) is 17.6 Å². The Bertz CT molecular complexity index is 1580. The Balaban J connectivity index is 1.59. The molecular weight excluding hydrogens is 571 g/mol. The molecule has 4 rings (SSSR count). The Morgan fingerprint density at radius 2 is 1.82 bits per heavy atom. The van der Waals surface area contributed by atoms with Crippen LogP contribution in [0.5, 0.6) is 11.5 Å². The summed E-state index contributed by atoms with van der Waals surface area (Å²) < 4.78 is 58.6. The first-order chi connectivity index (χ1) is 18.0. The molecule has 1 aliphatic rings. The molecule has 38 heavy (non-hydrogen) atoms. The zero-order chi connectivity index (χ0) is 27.5. The van der Waals surface area contributed by atoms with E-state index in [1.54, 1.807) is 24.3 Å². The molecular formula is C26H24Cl2N2O6S2. The van der Waals surface area contributed by atoms with Gasteiger partial charge in [0.15, 0.2) is 9.84 Å². The molecule has 0 saturated carbocycles. The summed E-state index contributed by atoms with van der Waals surface area (Å²) in [6, 6.07) is 16.2. The van der Waals surface area contributed by atoms with Crippen LogP contribution in [0.2, 0.25) is 10.0 Å². The number of ether oxygens (including phenoxy) is 1. The van der Waals surface area contributed by atoms with Crippen LogP contribution < -0.4 is 9.46 Å². The van der Waals surface area contributed by atoms with E-state index in [2.05, 4.69) is 11.3 Å². The van der Waals surface area contributed by atoms with Crippen molar-refractivity contribution in [3.05, 3.63) is 95.0 Å². The molecule has 0 aliphatic carbocycles. The number of benzene rings is 3. The molecule has 0 unspecified atom stereocenters. The minimum absolute atomic E-state index is 0.00529. The van der Waals surface area contributed by atoms with Crippen LogP contribution in [0.25, 0.3) is 0 Å². The number of amides is 1. The number of sulfonamides is 1. The lowest BCUT2D eigenvalue weighted by atomic mass is 10.1. The summed E-state index contributed by atoms with van der Waals surface area (Å²) in [7, 11) is -7.38. The van der Waals surface area contributed by atoms with Crippen molar-refractivity contribution >= 4 is 54.7 Å². The molecule has 8 nitrogen and oxygen atoms in total. The van der Waals surface area contributed by atoms with Gasteiger partial charge in [-0.3, -0.25) is 9.52 Å². The number of hydrogen-bond donors (Lipinski definition) is 1. The van der Waals surface area contributed by atoms with Crippen LogP contribution in [0.1, 0.15) is 16.8 Å². The smallest absolute Gasteiger partial charge is 0.261 e. The second-order valence-corrected chi connectivity index (χ2v) is 13.4. The van der Waals surface area contributed by atoms with E-state index in [1.165, 1.54) is 53.4 Å². The minimum Gasteiger partial charge on any atom is -0.456 e. The van der Waals surface area contributed by atoms with Crippen LogP contribution in [0.4, 0.5) is 5.69 Å². The van der Waals surface area contributed by atoms with Crippen LogP contribution >= 0.6 is 23.2 Å². The SMILES string of the molecule is C=CCN(C(=O)c1cc(Cl)ccc1NS(=O)(=O)c1ccc(Oc2ccccc2Cl)cc1)[C@H]1CCS(=O)(=O)C1. The molecule has 1 N–H and O–H groups in total. The van der Waals surface area contributed by atoms with Crippen LogP contribution in [0, 0.1) is 0 Å². The zero-order valence-corrected chi connectivity index (χ0v) is 23.2. The number of hydrogen-bond acceptors (Lipinski definition) is 6. The molecule has 3 aromatic rings. The lowest BCUT2D eigenvalue weighted by Crippen LogP contribution is -2.41. The average Bonchev–Trinajstić information content (AvgIpc) is 3.24. The van der Waals surface area contributed by atoms with E-state index in [1.807, 2.05) is 0 Å². The molecule has 12 heteroatoms. The first-order valence-electron chi connectivity index (χ1n) is 11.5. The number of para-hydroxylation sites is 1. The van der Waals surface area contributed by atoms with E-state index in [0.717, 1.165) is 0 Å². The van der Waals surface area contributed by atoms with Gasteiger partial charge in [0.05, 0.1) is 32.7 Å². The number of nitrogens with one attached hydrogen (secondary N) is 1. The van der Waals surface area contributed by atoms with Gasteiger partial charge < -0.3 is 9.64 Å². The van der Waals surface area contributed by atoms with Gasteiger partial charge in [0.1, 0.15) is 11.5 Å². The first kappa shape index (κ1) is 28.0. The van der Waals surface area contributed by atoms with Gasteiger partial charge in [0.2, 0.25) is 0 Å². The van der Waals surface area contributed by atoms with Gasteiger partial charge in [-0.2, -0.15) is 0 Å². The molecule has 3 aromatic carbocycles. The Morgan fingerprint density at radius 1 is 1.11 bits per heavy atom. The third-order valence-electron chi connectivity index (χ3n) is 5.89. The van der Waals surface area contributed by atoms with E-state index >= 15 is 0 Å². The Labute approximate surface area is 231 Å². The van der Waals surface area contributed by atoms with Crippen molar-refractivity contribution < 1.29 is 26.4 Å². The number of carbonyl (C=O) groups excluding carboxylic acids is 1. The monoisotopic (exact) mass is 594 g/mol. The molecule has 1 saturated heterocycles. The van der Waals surface area contributed by atoms with Crippen molar-refractivity contribution in [2.24, 2.45) is 0 Å². The number of rotatable bonds is 9. The highest BCUT2D eigenvalue weighted by molar-refractivity contribution is 7.92. The van der Waals surface area contributed by atoms with Gasteiger partial charge in [-0.05, 0) is 61.0 Å². The number of halogens is 2. The number of sulfone groups is 1. The normalized spacial score (nSPS) is 16.5. The summed E-state index contributed by atoms with van der Waals surface area (Å²) in [5.41, 5.74) is -0.00314. The molecule has 1 heterocycles. The van der Waals surface area contributed by atoms with E-state index < -0.39 is 31.8 Å². The molecule has 0 radical (unpaired) electrons. The van der Waals surface area contributed by atoms with Crippen molar-refractivity contribution in [2.45, 2.75) is 17.4 Å². The van der Waals surface area contributed by atoms with Crippen molar-refractivity contribution in [1.82, 2.24) is 4.90 Å². The Hall–Kier alpha value is -3.05. The molecule has 1 amide bonds. The standard InChI is InChI=1S/C26H24Cl2N2O6S2/c1-2-14-30(19-13-15-37(32,33)17-19)26(31)22-16-18(27)7-12-24(22)29-38(34,35)21-10-8-20(9-11-21)36-25-6-4-3-5-23(25)28/h2-12,16,19,29H,1,13-15,17H2/t19-/m0/s1. The Morgan fingerprint density at radius 3 is 2.45 bits per heavy atom. The summed E-state index contributed by atoms with van der Waals surface area (Å²) in [5, 5.41) is 0.626. The number of nitrogens with zero attached hydrogens (tertiary/aromatic N) is 1. The minimum atomic E-state index is -4.12. The largest absolute Gasteiger partial charge is 0.456 e. The third-order valence-corrected chi connectivity index (χ3v) is 9.57. The van der Waals surface area contributed by atoms with Crippen LogP contribution in [-0.2, 0) is 19.9 Å². The fraction of sp³-hybridized carbons (Fsp3) is 0.192. The van der Waals surface area contributed by atoms with E-state index in [-0.39, 0.29) is 45.6 Å². The lowest BCUT2D eigenvalue weighted by molar-refractivity contribution is 0.0721. The summed E-state index contributed by atoms with van der Waals surface area (Å²) >= 11 is 12.3. The van der Waals surface area contributed by atoms with Gasteiger partial charge in [-0.1, -0.05) is 41.4 Å². The highest BCUT2D eigenvalue weighted by atomic mass is 35.5. The molecule has 0 aromatic heterocycles. The quantitative estimate of drug-likeness (QED) is 0.332. The maximum absolute atomic E-state index is 13.5. The molecule has 0 spiro atoms. The molecule has 200 valence electrons. The molecule has 1 fully saturated rings. The van der Waals surface area contributed by atoms with Crippen molar-refractivity contribution in [1.29, 1.82) is 0 Å². The third kappa shape index (κ3) is 6.50. The summed E-state index contributed by atoms with van der Waals surface area (Å²) in [5.74, 6) is 0.0497. The van der Waals surface area contributed by atoms with E-state index in [4.69, 9.17) is 27.9 Å².